The summed E-state index contributed by atoms with van der Waals surface area (Å²) in [5, 5.41) is 6.57. The molecule has 0 radical (unpaired) electrons. The van der Waals surface area contributed by atoms with Crippen LogP contribution in [0.1, 0.15) is 44.1 Å². The lowest BCUT2D eigenvalue weighted by Gasteiger charge is -2.36. The van der Waals surface area contributed by atoms with E-state index in [2.05, 4.69) is 15.5 Å². The van der Waals surface area contributed by atoms with E-state index >= 15 is 0 Å². The van der Waals surface area contributed by atoms with Crippen LogP contribution in [0.15, 0.2) is 30.3 Å². The number of amides is 1. The molecule has 1 saturated heterocycles. The van der Waals surface area contributed by atoms with Gasteiger partial charge in [-0.05, 0) is 44.3 Å². The number of hydrogen-bond acceptors (Lipinski definition) is 4. The Morgan fingerprint density at radius 1 is 1.04 bits per heavy atom. The Morgan fingerprint density at radius 3 is 2.48 bits per heavy atom. The molecule has 2 fully saturated rings. The number of hydrogen-bond donors (Lipinski definition) is 2. The summed E-state index contributed by atoms with van der Waals surface area (Å²) in [4.78, 5) is 14.4. The smallest absolute Gasteiger partial charge is 0.407 e. The van der Waals surface area contributed by atoms with Crippen LogP contribution in [0, 0.1) is 0 Å². The van der Waals surface area contributed by atoms with Crippen LogP contribution in [0.4, 0.5) is 4.79 Å². The van der Waals surface area contributed by atoms with E-state index in [9.17, 15) is 4.79 Å². The van der Waals surface area contributed by atoms with Crippen LogP contribution in [0.5, 0.6) is 0 Å². The van der Waals surface area contributed by atoms with Gasteiger partial charge in [0.25, 0.3) is 0 Å². The molecule has 2 N–H and O–H groups in total. The average Bonchev–Trinajstić information content (AvgIpc) is 2.87. The van der Waals surface area contributed by atoms with Crippen molar-refractivity contribution in [3.63, 3.8) is 0 Å². The number of carbonyl (C=O) groups excluding carboxylic acids is 1. The van der Waals surface area contributed by atoms with Gasteiger partial charge in [-0.15, -0.1) is 0 Å². The van der Waals surface area contributed by atoms with Crippen LogP contribution < -0.4 is 10.6 Å². The standard InChI is InChI=1S/C20H31N3O2/c24-20(25-16-17-8-4-3-5-9-17)22-19-14-18(15-19)21-10-13-23-11-6-1-2-7-12-23/h3-5,8-9,18-19,21H,1-2,6-7,10-16H2,(H,22,24). The summed E-state index contributed by atoms with van der Waals surface area (Å²) >= 11 is 0. The monoisotopic (exact) mass is 345 g/mol. The Labute approximate surface area is 151 Å². The number of likely N-dealkylation sites (tertiary alicyclic amines) is 1. The summed E-state index contributed by atoms with van der Waals surface area (Å²) in [6.07, 6.45) is 7.17. The highest BCUT2D eigenvalue weighted by Gasteiger charge is 2.30. The summed E-state index contributed by atoms with van der Waals surface area (Å²) in [5.74, 6) is 0. The van der Waals surface area contributed by atoms with E-state index in [1.807, 2.05) is 30.3 Å². The van der Waals surface area contributed by atoms with E-state index in [1.54, 1.807) is 0 Å². The molecule has 1 saturated carbocycles. The Morgan fingerprint density at radius 2 is 1.76 bits per heavy atom. The van der Waals surface area contributed by atoms with Crippen LogP contribution in [0.25, 0.3) is 0 Å². The van der Waals surface area contributed by atoms with Gasteiger partial charge in [0.1, 0.15) is 6.61 Å². The lowest BCUT2D eigenvalue weighted by Crippen LogP contribution is -2.53. The number of ether oxygens (including phenoxy) is 1. The van der Waals surface area contributed by atoms with Crippen molar-refractivity contribution in [1.82, 2.24) is 15.5 Å². The minimum absolute atomic E-state index is 0.249. The van der Waals surface area contributed by atoms with Crippen LogP contribution in [-0.4, -0.2) is 49.3 Å². The van der Waals surface area contributed by atoms with E-state index in [1.165, 1.54) is 38.8 Å². The first-order valence-electron chi connectivity index (χ1n) is 9.72. The molecule has 5 nitrogen and oxygen atoms in total. The number of benzene rings is 1. The van der Waals surface area contributed by atoms with Gasteiger partial charge >= 0.3 is 6.09 Å². The molecular formula is C20H31N3O2. The highest BCUT2D eigenvalue weighted by molar-refractivity contribution is 5.67. The maximum absolute atomic E-state index is 11.8. The van der Waals surface area contributed by atoms with Gasteiger partial charge in [-0.2, -0.15) is 0 Å². The van der Waals surface area contributed by atoms with Crippen LogP contribution >= 0.6 is 0 Å². The zero-order valence-electron chi connectivity index (χ0n) is 15.1. The van der Waals surface area contributed by atoms with Gasteiger partial charge in [0.05, 0.1) is 0 Å². The number of alkyl carbamates (subject to hydrolysis) is 1. The first-order valence-corrected chi connectivity index (χ1v) is 9.72. The van der Waals surface area contributed by atoms with Crippen LogP contribution in [0.3, 0.4) is 0 Å². The topological polar surface area (TPSA) is 53.6 Å². The Hall–Kier alpha value is -1.59. The maximum Gasteiger partial charge on any atom is 0.407 e. The molecule has 2 aliphatic rings. The van der Waals surface area contributed by atoms with Gasteiger partial charge < -0.3 is 20.3 Å². The fourth-order valence-electron chi connectivity index (χ4n) is 3.62. The molecule has 25 heavy (non-hydrogen) atoms. The van der Waals surface area contributed by atoms with Gasteiger partial charge in [0.2, 0.25) is 0 Å². The van der Waals surface area contributed by atoms with Crippen LogP contribution in [-0.2, 0) is 11.3 Å². The fraction of sp³-hybridized carbons (Fsp3) is 0.650. The molecule has 0 bridgehead atoms. The Balaban J connectivity index is 1.22. The lowest BCUT2D eigenvalue weighted by atomic mass is 9.87. The van der Waals surface area contributed by atoms with Gasteiger partial charge in [-0.25, -0.2) is 4.79 Å². The minimum atomic E-state index is -0.308. The zero-order valence-corrected chi connectivity index (χ0v) is 15.1. The summed E-state index contributed by atoms with van der Waals surface area (Å²) in [7, 11) is 0. The van der Waals surface area contributed by atoms with Crippen molar-refractivity contribution in [2.45, 2.75) is 57.2 Å². The SMILES string of the molecule is O=C(NC1CC(NCCN2CCCCCC2)C1)OCc1ccccc1. The summed E-state index contributed by atoms with van der Waals surface area (Å²) in [5.41, 5.74) is 1.01. The average molecular weight is 345 g/mol. The molecule has 0 unspecified atom stereocenters. The second kappa shape index (κ2) is 9.78. The summed E-state index contributed by atoms with van der Waals surface area (Å²) in [6.45, 7) is 5.04. The van der Waals surface area contributed by atoms with Gasteiger partial charge in [-0.3, -0.25) is 0 Å². The van der Waals surface area contributed by atoms with E-state index in [0.717, 1.165) is 31.5 Å². The Bertz CT molecular complexity index is 509. The second-order valence-electron chi connectivity index (χ2n) is 7.28. The van der Waals surface area contributed by atoms with Crippen molar-refractivity contribution >= 4 is 6.09 Å². The molecule has 1 aliphatic carbocycles. The number of carbonyl (C=O) groups is 1. The van der Waals surface area contributed by atoms with E-state index in [4.69, 9.17) is 4.74 Å². The highest BCUT2D eigenvalue weighted by Crippen LogP contribution is 2.20. The molecule has 0 aromatic heterocycles. The third kappa shape index (κ3) is 6.33. The molecule has 1 aromatic rings. The molecule has 1 amide bonds. The molecule has 0 spiro atoms. The first-order chi connectivity index (χ1) is 12.3. The number of rotatable bonds is 7. The lowest BCUT2D eigenvalue weighted by molar-refractivity contribution is 0.125. The zero-order chi connectivity index (χ0) is 17.3. The molecule has 1 heterocycles. The molecular weight excluding hydrogens is 314 g/mol. The number of nitrogens with one attached hydrogen (secondary N) is 2. The summed E-state index contributed by atoms with van der Waals surface area (Å²) < 4.78 is 5.26. The predicted octanol–water partition coefficient (Wildman–Crippen LogP) is 2.91. The molecule has 138 valence electrons. The third-order valence-electron chi connectivity index (χ3n) is 5.23. The van der Waals surface area contributed by atoms with E-state index in [-0.39, 0.29) is 12.1 Å². The normalized spacial score (nSPS) is 24.2. The quantitative estimate of drug-likeness (QED) is 0.798. The third-order valence-corrected chi connectivity index (χ3v) is 5.23. The molecule has 1 aliphatic heterocycles. The molecule has 5 heteroatoms. The number of nitrogens with zero attached hydrogens (tertiary/aromatic N) is 1. The van der Waals surface area contributed by atoms with Crippen molar-refractivity contribution in [2.75, 3.05) is 26.2 Å². The molecule has 0 atom stereocenters. The summed E-state index contributed by atoms with van der Waals surface area (Å²) in [6, 6.07) is 10.6. The largest absolute Gasteiger partial charge is 0.445 e. The Kier molecular flexibility index (Phi) is 7.12. The van der Waals surface area contributed by atoms with Crippen molar-refractivity contribution < 1.29 is 9.53 Å². The van der Waals surface area contributed by atoms with E-state index < -0.39 is 0 Å². The van der Waals surface area contributed by atoms with Crippen molar-refractivity contribution in [3.05, 3.63) is 35.9 Å². The van der Waals surface area contributed by atoms with E-state index in [0.29, 0.717) is 12.6 Å². The molecule has 3 rings (SSSR count). The van der Waals surface area contributed by atoms with Gasteiger partial charge in [0, 0.05) is 25.2 Å². The maximum atomic E-state index is 11.8. The molecule has 1 aromatic carbocycles. The fourth-order valence-corrected chi connectivity index (χ4v) is 3.62. The van der Waals surface area contributed by atoms with Gasteiger partial charge in [0.15, 0.2) is 0 Å². The minimum Gasteiger partial charge on any atom is -0.445 e. The van der Waals surface area contributed by atoms with Crippen LogP contribution in [0.2, 0.25) is 0 Å². The second-order valence-corrected chi connectivity index (χ2v) is 7.28. The van der Waals surface area contributed by atoms with Gasteiger partial charge in [-0.1, -0.05) is 43.2 Å². The van der Waals surface area contributed by atoms with Crippen molar-refractivity contribution in [3.8, 4) is 0 Å². The first kappa shape index (κ1) is 18.2. The van der Waals surface area contributed by atoms with Crippen molar-refractivity contribution in [2.24, 2.45) is 0 Å². The van der Waals surface area contributed by atoms with Crippen molar-refractivity contribution in [1.29, 1.82) is 0 Å². The predicted molar refractivity (Wildman–Crippen MR) is 99.5 cm³/mol. The highest BCUT2D eigenvalue weighted by atomic mass is 16.5.